The molecule has 0 saturated heterocycles. The van der Waals surface area contributed by atoms with Crippen LogP contribution in [-0.2, 0) is 32.3 Å². The molecule has 4 aromatic heterocycles. The van der Waals surface area contributed by atoms with E-state index in [0.717, 1.165) is 0 Å². The quantitative estimate of drug-likeness (QED) is 0.175. The number of ether oxygens (including phenoxy) is 1. The standard InChI is InChI=1S/C29H29N9O5/c1-5-8-43-29(42)33-19-7-6-18-13-31-38(21(18)11-19)28(41)23-12-20(15-36(23)3)32-27(40)22-9-17(14-35(22)2)10-24(39)26-34-25(30)16-37(26)4/h5-7,9,11-16H,1,8,10,30H2,2-4H3,(H,32,40)(H,33,42). The zero-order valence-corrected chi connectivity index (χ0v) is 23.7. The van der Waals surface area contributed by atoms with Crippen molar-refractivity contribution in [3.63, 3.8) is 0 Å². The van der Waals surface area contributed by atoms with E-state index in [4.69, 9.17) is 10.5 Å². The van der Waals surface area contributed by atoms with Gasteiger partial charge < -0.3 is 29.5 Å². The van der Waals surface area contributed by atoms with Crippen molar-refractivity contribution in [2.75, 3.05) is 23.0 Å². The van der Waals surface area contributed by atoms with Crippen LogP contribution < -0.4 is 16.4 Å². The number of anilines is 3. The van der Waals surface area contributed by atoms with Gasteiger partial charge in [0, 0.05) is 57.2 Å². The third kappa shape index (κ3) is 5.93. The first-order chi connectivity index (χ1) is 20.5. The number of fused-ring (bicyclic) bond motifs is 1. The number of hydrogen-bond acceptors (Lipinski definition) is 8. The lowest BCUT2D eigenvalue weighted by atomic mass is 10.1. The maximum absolute atomic E-state index is 13.5. The highest BCUT2D eigenvalue weighted by Gasteiger charge is 2.21. The summed E-state index contributed by atoms with van der Waals surface area (Å²) in [5, 5.41) is 10.3. The molecule has 0 fully saturated rings. The summed E-state index contributed by atoms with van der Waals surface area (Å²) in [7, 11) is 5.06. The second-order valence-electron chi connectivity index (χ2n) is 9.87. The molecule has 0 radical (unpaired) electrons. The fourth-order valence-electron chi connectivity index (χ4n) is 4.66. The van der Waals surface area contributed by atoms with Gasteiger partial charge in [0.2, 0.25) is 5.78 Å². The van der Waals surface area contributed by atoms with Crippen molar-refractivity contribution in [1.29, 1.82) is 0 Å². The Hall–Kier alpha value is -5.92. The maximum Gasteiger partial charge on any atom is 0.411 e. The Balaban J connectivity index is 1.31. The van der Waals surface area contributed by atoms with Gasteiger partial charge >= 0.3 is 6.09 Å². The highest BCUT2D eigenvalue weighted by molar-refractivity contribution is 6.06. The number of benzene rings is 1. The van der Waals surface area contributed by atoms with Crippen molar-refractivity contribution >= 4 is 51.8 Å². The topological polar surface area (TPSA) is 173 Å². The SMILES string of the molecule is C=CCOC(=O)Nc1ccc2cnn(C(=O)c3cc(NC(=O)c4cc(CC(=O)c5nc(N)cn5C)cn4C)cn3C)c2c1. The molecule has 5 aromatic rings. The van der Waals surface area contributed by atoms with E-state index in [0.29, 0.717) is 33.5 Å². The smallest absolute Gasteiger partial charge is 0.411 e. The van der Waals surface area contributed by atoms with Crippen molar-refractivity contribution in [3.8, 4) is 0 Å². The Morgan fingerprint density at radius 1 is 0.953 bits per heavy atom. The number of aromatic nitrogens is 6. The van der Waals surface area contributed by atoms with E-state index in [1.54, 1.807) is 90.0 Å². The molecular formula is C29H29N9O5. The molecule has 0 unspecified atom stereocenters. The summed E-state index contributed by atoms with van der Waals surface area (Å²) in [6, 6.07) is 8.18. The lowest BCUT2D eigenvalue weighted by Crippen LogP contribution is -2.17. The summed E-state index contributed by atoms with van der Waals surface area (Å²) in [6.07, 6.45) is 7.25. The fourth-order valence-corrected chi connectivity index (χ4v) is 4.66. The highest BCUT2D eigenvalue weighted by atomic mass is 16.5. The molecule has 0 aliphatic rings. The van der Waals surface area contributed by atoms with Gasteiger partial charge in [-0.1, -0.05) is 12.7 Å². The molecule has 0 saturated carbocycles. The molecule has 0 aliphatic heterocycles. The third-order valence-electron chi connectivity index (χ3n) is 6.63. The minimum atomic E-state index is -0.658. The van der Waals surface area contributed by atoms with E-state index in [1.807, 2.05) is 0 Å². The van der Waals surface area contributed by atoms with Crippen LogP contribution in [0, 0.1) is 0 Å². The molecular weight excluding hydrogens is 554 g/mol. The van der Waals surface area contributed by atoms with Crippen LogP contribution in [0.5, 0.6) is 0 Å². The summed E-state index contributed by atoms with van der Waals surface area (Å²) in [5.74, 6) is -0.611. The number of rotatable bonds is 9. The van der Waals surface area contributed by atoms with Crippen molar-refractivity contribution < 1.29 is 23.9 Å². The van der Waals surface area contributed by atoms with Gasteiger partial charge in [-0.15, -0.1) is 0 Å². The monoisotopic (exact) mass is 583 g/mol. The van der Waals surface area contributed by atoms with Crippen molar-refractivity contribution in [3.05, 3.63) is 90.5 Å². The van der Waals surface area contributed by atoms with E-state index in [-0.39, 0.29) is 36.1 Å². The zero-order chi connectivity index (χ0) is 30.8. The number of nitrogens with two attached hydrogens (primary N) is 1. The van der Waals surface area contributed by atoms with Gasteiger partial charge in [-0.2, -0.15) is 9.78 Å². The van der Waals surface area contributed by atoms with Crippen molar-refractivity contribution in [2.45, 2.75) is 6.42 Å². The minimum Gasteiger partial charge on any atom is -0.445 e. The first kappa shape index (κ1) is 28.6. The molecule has 0 aliphatic carbocycles. The Labute approximate surface area is 245 Å². The average Bonchev–Trinajstić information content (AvgIpc) is 3.72. The van der Waals surface area contributed by atoms with E-state index in [9.17, 15) is 19.2 Å². The molecule has 0 spiro atoms. The number of hydrogen-bond donors (Lipinski definition) is 3. The number of carbonyl (C=O) groups excluding carboxylic acids is 4. The molecule has 5 rings (SSSR count). The number of Topliss-reactive ketones (excluding diaryl/α,β-unsaturated/α-hetero) is 1. The van der Waals surface area contributed by atoms with Crippen LogP contribution in [-0.4, -0.2) is 58.8 Å². The van der Waals surface area contributed by atoms with Crippen molar-refractivity contribution in [1.82, 2.24) is 28.5 Å². The Bertz CT molecular complexity index is 1910. The van der Waals surface area contributed by atoms with Crippen LogP contribution in [0.3, 0.4) is 0 Å². The predicted molar refractivity (Wildman–Crippen MR) is 159 cm³/mol. The Morgan fingerprint density at radius 2 is 1.72 bits per heavy atom. The maximum atomic E-state index is 13.5. The molecule has 14 nitrogen and oxygen atoms in total. The Morgan fingerprint density at radius 3 is 2.44 bits per heavy atom. The summed E-state index contributed by atoms with van der Waals surface area (Å²) in [6.45, 7) is 3.56. The first-order valence-electron chi connectivity index (χ1n) is 13.1. The molecule has 43 heavy (non-hydrogen) atoms. The van der Waals surface area contributed by atoms with Gasteiger partial charge in [0.25, 0.3) is 11.8 Å². The predicted octanol–water partition coefficient (Wildman–Crippen LogP) is 3.13. The minimum absolute atomic E-state index is 0.0421. The van der Waals surface area contributed by atoms with Crippen LogP contribution in [0.25, 0.3) is 10.9 Å². The Kier molecular flexibility index (Phi) is 7.66. The van der Waals surface area contributed by atoms with Gasteiger partial charge in [-0.25, -0.2) is 9.78 Å². The molecule has 4 N–H and O–H groups in total. The van der Waals surface area contributed by atoms with Gasteiger partial charge in [0.1, 0.15) is 23.8 Å². The van der Waals surface area contributed by atoms with E-state index < -0.39 is 17.9 Å². The number of aryl methyl sites for hydroxylation is 3. The average molecular weight is 584 g/mol. The lowest BCUT2D eigenvalue weighted by Gasteiger charge is -2.07. The molecule has 14 heteroatoms. The number of ketones is 1. The second kappa shape index (κ2) is 11.5. The van der Waals surface area contributed by atoms with E-state index >= 15 is 0 Å². The molecule has 4 heterocycles. The summed E-state index contributed by atoms with van der Waals surface area (Å²) >= 11 is 0. The van der Waals surface area contributed by atoms with Crippen LogP contribution in [0.4, 0.5) is 22.0 Å². The lowest BCUT2D eigenvalue weighted by molar-refractivity contribution is 0.0940. The van der Waals surface area contributed by atoms with Crippen molar-refractivity contribution in [2.24, 2.45) is 21.1 Å². The van der Waals surface area contributed by atoms with Crippen LogP contribution in [0.1, 0.15) is 37.2 Å². The van der Waals surface area contributed by atoms with E-state index in [1.165, 1.54) is 10.8 Å². The molecule has 1 aromatic carbocycles. The number of carbonyl (C=O) groups is 4. The summed E-state index contributed by atoms with van der Waals surface area (Å²) in [4.78, 5) is 55.3. The number of nitrogen functional groups attached to an aromatic ring is 1. The molecule has 0 atom stereocenters. The van der Waals surface area contributed by atoms with Gasteiger partial charge in [0.05, 0.1) is 17.4 Å². The zero-order valence-electron chi connectivity index (χ0n) is 23.7. The molecule has 220 valence electrons. The first-order valence-corrected chi connectivity index (χ1v) is 13.1. The largest absolute Gasteiger partial charge is 0.445 e. The van der Waals surface area contributed by atoms with Crippen LogP contribution >= 0.6 is 0 Å². The summed E-state index contributed by atoms with van der Waals surface area (Å²) in [5.41, 5.74) is 8.18. The normalized spacial score (nSPS) is 11.0. The molecule has 0 bridgehead atoms. The van der Waals surface area contributed by atoms with Gasteiger partial charge in [-0.3, -0.25) is 19.7 Å². The second-order valence-corrected chi connectivity index (χ2v) is 9.87. The van der Waals surface area contributed by atoms with Gasteiger partial charge in [0.15, 0.2) is 5.82 Å². The molecule has 2 amide bonds. The van der Waals surface area contributed by atoms with Gasteiger partial charge in [-0.05, 0) is 35.9 Å². The number of nitrogens with zero attached hydrogens (tertiary/aromatic N) is 6. The number of amides is 2. The number of imidazole rings is 1. The van der Waals surface area contributed by atoms with Crippen LogP contribution in [0.2, 0.25) is 0 Å². The highest BCUT2D eigenvalue weighted by Crippen LogP contribution is 2.22. The van der Waals surface area contributed by atoms with Crippen LogP contribution in [0.15, 0.2) is 67.8 Å². The summed E-state index contributed by atoms with van der Waals surface area (Å²) < 4.78 is 10.9. The number of nitrogens with one attached hydrogen (secondary N) is 2. The fraction of sp³-hybridized carbons (Fsp3) is 0.172. The third-order valence-corrected chi connectivity index (χ3v) is 6.63. The van der Waals surface area contributed by atoms with E-state index in [2.05, 4.69) is 27.3 Å².